The Bertz CT molecular complexity index is 668. The van der Waals surface area contributed by atoms with Gasteiger partial charge < -0.3 is 4.98 Å². The summed E-state index contributed by atoms with van der Waals surface area (Å²) in [6, 6.07) is 9.27. The van der Waals surface area contributed by atoms with Gasteiger partial charge in [0.2, 0.25) is 5.56 Å². The summed E-state index contributed by atoms with van der Waals surface area (Å²) >= 11 is 0. The average Bonchev–Trinajstić information content (AvgIpc) is 2.24. The van der Waals surface area contributed by atoms with Crippen LogP contribution < -0.4 is 5.56 Å². The molecule has 0 saturated carbocycles. The number of fused-ring (bicyclic) bond motifs is 1. The molecule has 86 valence electrons. The van der Waals surface area contributed by atoms with Crippen LogP contribution in [-0.2, 0) is 0 Å². The molecule has 0 spiro atoms. The van der Waals surface area contributed by atoms with E-state index in [1.165, 1.54) is 6.07 Å². The smallest absolute Gasteiger partial charge is 0.248 e. The molecule has 1 heterocycles. The summed E-state index contributed by atoms with van der Waals surface area (Å²) in [6.07, 6.45) is 0. The van der Waals surface area contributed by atoms with Crippen molar-refractivity contribution < 1.29 is 0 Å². The molecule has 0 aliphatic rings. The second-order valence-corrected chi connectivity index (χ2v) is 9.87. The maximum absolute atomic E-state index is 11.2. The molecular weight excluding hydrogens is 226 g/mol. The third-order valence-corrected chi connectivity index (χ3v) is 3.18. The molecule has 0 unspecified atom stereocenters. The van der Waals surface area contributed by atoms with Gasteiger partial charge in [-0.3, -0.25) is 4.79 Å². The van der Waals surface area contributed by atoms with Crippen LogP contribution in [0.2, 0.25) is 19.6 Å². The predicted molar refractivity (Wildman–Crippen MR) is 74.8 cm³/mol. The lowest BCUT2D eigenvalue weighted by atomic mass is 10.1. The Balaban J connectivity index is 2.50. The number of aromatic amines is 1. The van der Waals surface area contributed by atoms with E-state index in [9.17, 15) is 4.79 Å². The second kappa shape index (κ2) is 4.23. The van der Waals surface area contributed by atoms with Crippen LogP contribution in [0.4, 0.5) is 0 Å². The number of benzene rings is 1. The highest BCUT2D eigenvalue weighted by Crippen LogP contribution is 2.11. The van der Waals surface area contributed by atoms with Gasteiger partial charge in [0.25, 0.3) is 0 Å². The molecule has 1 aromatic carbocycles. The van der Waals surface area contributed by atoms with Crippen LogP contribution in [0.15, 0.2) is 35.1 Å². The van der Waals surface area contributed by atoms with E-state index < -0.39 is 8.07 Å². The van der Waals surface area contributed by atoms with Gasteiger partial charge in [0.1, 0.15) is 8.07 Å². The Hall–Kier alpha value is -1.79. The topological polar surface area (TPSA) is 32.9 Å². The first-order valence-electron chi connectivity index (χ1n) is 5.60. The quantitative estimate of drug-likeness (QED) is 0.558. The average molecular weight is 241 g/mol. The van der Waals surface area contributed by atoms with Gasteiger partial charge in [0.15, 0.2) is 0 Å². The summed E-state index contributed by atoms with van der Waals surface area (Å²) in [5.74, 6) is 3.19. The van der Waals surface area contributed by atoms with E-state index in [-0.39, 0.29) is 5.56 Å². The first kappa shape index (κ1) is 11.7. The van der Waals surface area contributed by atoms with Gasteiger partial charge in [0, 0.05) is 17.1 Å². The maximum atomic E-state index is 11.2. The van der Waals surface area contributed by atoms with E-state index in [2.05, 4.69) is 36.1 Å². The Morgan fingerprint density at radius 2 is 1.82 bits per heavy atom. The van der Waals surface area contributed by atoms with Gasteiger partial charge in [-0.1, -0.05) is 31.6 Å². The molecule has 0 amide bonds. The van der Waals surface area contributed by atoms with E-state index in [1.54, 1.807) is 0 Å². The van der Waals surface area contributed by atoms with Crippen molar-refractivity contribution in [2.75, 3.05) is 0 Å². The zero-order valence-electron chi connectivity index (χ0n) is 10.3. The molecule has 1 N–H and O–H groups in total. The largest absolute Gasteiger partial charge is 0.322 e. The Morgan fingerprint density at radius 3 is 2.53 bits per heavy atom. The summed E-state index contributed by atoms with van der Waals surface area (Å²) in [5.41, 5.74) is 5.05. The van der Waals surface area contributed by atoms with Crippen LogP contribution in [0.1, 0.15) is 5.56 Å². The fourth-order valence-corrected chi connectivity index (χ4v) is 2.01. The first-order chi connectivity index (χ1) is 7.94. The number of hydrogen-bond acceptors (Lipinski definition) is 1. The standard InChI is InChI=1S/C14H15NOSi/c1-17(2,3)9-8-11-4-5-12-6-7-14(16)15-13(12)10-11/h4-7,10H,1-3H3,(H,15,16). The number of rotatable bonds is 0. The summed E-state index contributed by atoms with van der Waals surface area (Å²) in [4.78, 5) is 14.0. The fourth-order valence-electron chi connectivity index (χ4n) is 1.49. The summed E-state index contributed by atoms with van der Waals surface area (Å²) in [7, 11) is -1.35. The monoisotopic (exact) mass is 241 g/mol. The highest BCUT2D eigenvalue weighted by Gasteiger charge is 2.07. The molecule has 2 rings (SSSR count). The minimum atomic E-state index is -1.35. The number of aromatic nitrogens is 1. The number of nitrogens with one attached hydrogen (secondary N) is 1. The van der Waals surface area contributed by atoms with Crippen molar-refractivity contribution in [3.63, 3.8) is 0 Å². The van der Waals surface area contributed by atoms with E-state index in [1.807, 2.05) is 24.3 Å². The lowest BCUT2D eigenvalue weighted by molar-refractivity contribution is 1.31. The van der Waals surface area contributed by atoms with E-state index in [0.29, 0.717) is 0 Å². The molecule has 0 aliphatic carbocycles. The summed E-state index contributed by atoms with van der Waals surface area (Å²) in [5, 5.41) is 1.03. The lowest BCUT2D eigenvalue weighted by Gasteiger charge is -2.03. The third kappa shape index (κ3) is 3.08. The number of pyridine rings is 1. The lowest BCUT2D eigenvalue weighted by Crippen LogP contribution is -2.16. The second-order valence-electron chi connectivity index (χ2n) is 5.12. The molecule has 0 atom stereocenters. The van der Waals surface area contributed by atoms with E-state index in [0.717, 1.165) is 16.5 Å². The molecule has 2 nitrogen and oxygen atoms in total. The van der Waals surface area contributed by atoms with Crippen LogP contribution in [0.5, 0.6) is 0 Å². The maximum Gasteiger partial charge on any atom is 0.248 e. The van der Waals surface area contributed by atoms with Crippen LogP contribution in [0.3, 0.4) is 0 Å². The highest BCUT2D eigenvalue weighted by atomic mass is 28.3. The summed E-state index contributed by atoms with van der Waals surface area (Å²) < 4.78 is 0. The van der Waals surface area contributed by atoms with Gasteiger partial charge in [-0.2, -0.15) is 0 Å². The van der Waals surface area contributed by atoms with Crippen molar-refractivity contribution in [1.29, 1.82) is 0 Å². The molecule has 17 heavy (non-hydrogen) atoms. The molecule has 2 aromatic rings. The minimum Gasteiger partial charge on any atom is -0.322 e. The number of hydrogen-bond donors (Lipinski definition) is 1. The Labute approximate surface area is 102 Å². The SMILES string of the molecule is C[Si](C)(C)C#Cc1ccc2ccc(=O)[nH]c2c1. The molecular formula is C14H15NOSi. The Morgan fingerprint density at radius 1 is 1.12 bits per heavy atom. The zero-order chi connectivity index (χ0) is 12.5. The van der Waals surface area contributed by atoms with Crippen LogP contribution >= 0.6 is 0 Å². The molecule has 0 radical (unpaired) electrons. The van der Waals surface area contributed by atoms with Crippen molar-refractivity contribution in [3.8, 4) is 11.5 Å². The van der Waals surface area contributed by atoms with Crippen molar-refractivity contribution >= 4 is 19.0 Å². The zero-order valence-corrected chi connectivity index (χ0v) is 11.3. The molecule has 1 aromatic heterocycles. The number of H-pyrrole nitrogens is 1. The van der Waals surface area contributed by atoms with E-state index >= 15 is 0 Å². The summed E-state index contributed by atoms with van der Waals surface area (Å²) in [6.45, 7) is 6.63. The molecule has 0 saturated heterocycles. The van der Waals surface area contributed by atoms with Gasteiger partial charge in [-0.15, -0.1) is 5.54 Å². The van der Waals surface area contributed by atoms with Gasteiger partial charge in [-0.25, -0.2) is 0 Å². The van der Waals surface area contributed by atoms with Gasteiger partial charge >= 0.3 is 0 Å². The van der Waals surface area contributed by atoms with Crippen LogP contribution in [0, 0.1) is 11.5 Å². The van der Waals surface area contributed by atoms with Crippen LogP contribution in [-0.4, -0.2) is 13.1 Å². The van der Waals surface area contributed by atoms with Gasteiger partial charge in [0.05, 0.1) is 0 Å². The third-order valence-electron chi connectivity index (χ3n) is 2.31. The fraction of sp³-hybridized carbons (Fsp3) is 0.214. The predicted octanol–water partition coefficient (Wildman–Crippen LogP) is 2.76. The van der Waals surface area contributed by atoms with Gasteiger partial charge in [-0.05, 0) is 23.6 Å². The van der Waals surface area contributed by atoms with E-state index in [4.69, 9.17) is 0 Å². The molecule has 0 fully saturated rings. The Kier molecular flexibility index (Phi) is 2.91. The minimum absolute atomic E-state index is 0.0761. The van der Waals surface area contributed by atoms with Crippen molar-refractivity contribution in [1.82, 2.24) is 4.98 Å². The molecule has 0 bridgehead atoms. The van der Waals surface area contributed by atoms with Crippen LogP contribution in [0.25, 0.3) is 10.9 Å². The van der Waals surface area contributed by atoms with Crippen molar-refractivity contribution in [2.45, 2.75) is 19.6 Å². The van der Waals surface area contributed by atoms with Crippen molar-refractivity contribution in [3.05, 3.63) is 46.2 Å². The normalized spacial score (nSPS) is 11.0. The first-order valence-corrected chi connectivity index (χ1v) is 9.10. The molecule has 3 heteroatoms. The van der Waals surface area contributed by atoms with Crippen molar-refractivity contribution in [2.24, 2.45) is 0 Å². The molecule has 0 aliphatic heterocycles. The highest BCUT2D eigenvalue weighted by molar-refractivity contribution is 6.83.